The molecule has 1 aliphatic rings. The van der Waals surface area contributed by atoms with E-state index in [9.17, 15) is 4.21 Å². The molecular weight excluding hydrogens is 453 g/mol. The van der Waals surface area contributed by atoms with Gasteiger partial charge in [0.15, 0.2) is 5.96 Å². The predicted octanol–water partition coefficient (Wildman–Crippen LogP) is 2.96. The van der Waals surface area contributed by atoms with E-state index < -0.39 is 10.8 Å². The van der Waals surface area contributed by atoms with Gasteiger partial charge in [0, 0.05) is 59.5 Å². The molecule has 0 spiro atoms. The molecule has 2 rings (SSSR count). The van der Waals surface area contributed by atoms with E-state index in [0.717, 1.165) is 30.4 Å². The van der Waals surface area contributed by atoms with Crippen molar-refractivity contribution in [1.82, 2.24) is 10.2 Å². The molecule has 1 aromatic rings. The van der Waals surface area contributed by atoms with Crippen molar-refractivity contribution in [2.45, 2.75) is 24.3 Å². The second-order valence-corrected chi connectivity index (χ2v) is 9.66. The van der Waals surface area contributed by atoms with Crippen LogP contribution in [0, 0.1) is 0 Å². The number of nitrogens with one attached hydrogen (secondary N) is 1. The summed E-state index contributed by atoms with van der Waals surface area (Å²) in [5.41, 5.74) is 1.13. The van der Waals surface area contributed by atoms with Gasteiger partial charge in [-0.25, -0.2) is 0 Å². The van der Waals surface area contributed by atoms with E-state index in [2.05, 4.69) is 29.1 Å². The lowest BCUT2D eigenvalue weighted by Crippen LogP contribution is -2.51. The molecule has 24 heavy (non-hydrogen) atoms. The zero-order chi connectivity index (χ0) is 16.7. The van der Waals surface area contributed by atoms with E-state index in [-0.39, 0.29) is 28.7 Å². The van der Waals surface area contributed by atoms with Crippen LogP contribution in [-0.4, -0.2) is 58.0 Å². The Morgan fingerprint density at radius 1 is 1.38 bits per heavy atom. The molecule has 1 aliphatic heterocycles. The fraction of sp³-hybridized carbons (Fsp3) is 0.588. The van der Waals surface area contributed by atoms with E-state index in [4.69, 9.17) is 0 Å². The molecule has 0 radical (unpaired) electrons. The van der Waals surface area contributed by atoms with Gasteiger partial charge in [0.05, 0.1) is 0 Å². The average Bonchev–Trinajstić information content (AvgIpc) is 2.51. The summed E-state index contributed by atoms with van der Waals surface area (Å²) in [6.45, 7) is 7.24. The number of nitrogens with zero attached hydrogens (tertiary/aromatic N) is 2. The highest BCUT2D eigenvalue weighted by molar-refractivity contribution is 14.0. The predicted molar refractivity (Wildman–Crippen MR) is 118 cm³/mol. The van der Waals surface area contributed by atoms with Crippen molar-refractivity contribution in [3.8, 4) is 0 Å². The third-order valence-corrected chi connectivity index (χ3v) is 6.33. The van der Waals surface area contributed by atoms with E-state index in [0.29, 0.717) is 18.1 Å². The Bertz CT molecular complexity index is 552. The maximum atomic E-state index is 12.2. The minimum absolute atomic E-state index is 0. The Kier molecular flexibility index (Phi) is 9.66. The maximum Gasteiger partial charge on any atom is 0.193 e. The normalized spacial score (nSPS) is 18.6. The number of benzene rings is 1. The molecule has 4 nitrogen and oxygen atoms in total. The standard InChI is InChI=1S/C17H27N3OS2.HI/c1-17(2)14-20(10-11-22-17)16(18-3)19-9-12-23(21)13-15-7-5-4-6-8-15;/h4-8H,9-14H2,1-3H3,(H,18,19);1H. The minimum Gasteiger partial charge on any atom is -0.355 e. The van der Waals surface area contributed by atoms with Crippen LogP contribution in [0.2, 0.25) is 0 Å². The van der Waals surface area contributed by atoms with Gasteiger partial charge in [-0.1, -0.05) is 30.3 Å². The van der Waals surface area contributed by atoms with Crippen LogP contribution in [0.15, 0.2) is 35.3 Å². The summed E-state index contributed by atoms with van der Waals surface area (Å²) in [6, 6.07) is 10.0. The first kappa shape index (κ1) is 21.8. The Labute approximate surface area is 169 Å². The van der Waals surface area contributed by atoms with Crippen molar-refractivity contribution in [3.63, 3.8) is 0 Å². The van der Waals surface area contributed by atoms with Crippen molar-refractivity contribution in [2.24, 2.45) is 4.99 Å². The van der Waals surface area contributed by atoms with Crippen LogP contribution >= 0.6 is 35.7 Å². The molecule has 1 atom stereocenters. The number of thioether (sulfide) groups is 1. The van der Waals surface area contributed by atoms with Gasteiger partial charge in [-0.05, 0) is 19.4 Å². The summed E-state index contributed by atoms with van der Waals surface area (Å²) >= 11 is 2.01. The first-order valence-electron chi connectivity index (χ1n) is 7.99. The lowest BCUT2D eigenvalue weighted by atomic mass is 10.2. The number of hydrogen-bond acceptors (Lipinski definition) is 3. The molecule has 0 aromatic heterocycles. The molecule has 1 saturated heterocycles. The fourth-order valence-corrected chi connectivity index (χ4v) is 4.79. The van der Waals surface area contributed by atoms with Gasteiger partial charge in [-0.3, -0.25) is 9.20 Å². The Morgan fingerprint density at radius 3 is 2.71 bits per heavy atom. The second-order valence-electron chi connectivity index (χ2n) is 6.28. The largest absolute Gasteiger partial charge is 0.355 e. The van der Waals surface area contributed by atoms with Gasteiger partial charge >= 0.3 is 0 Å². The number of hydrogen-bond donors (Lipinski definition) is 1. The highest BCUT2D eigenvalue weighted by atomic mass is 127. The lowest BCUT2D eigenvalue weighted by molar-refractivity contribution is 0.377. The molecule has 1 unspecified atom stereocenters. The van der Waals surface area contributed by atoms with Crippen molar-refractivity contribution >= 4 is 52.5 Å². The maximum absolute atomic E-state index is 12.2. The highest BCUT2D eigenvalue weighted by Gasteiger charge is 2.28. The first-order valence-corrected chi connectivity index (χ1v) is 10.5. The van der Waals surface area contributed by atoms with Crippen LogP contribution in [0.4, 0.5) is 0 Å². The lowest BCUT2D eigenvalue weighted by Gasteiger charge is -2.39. The van der Waals surface area contributed by atoms with Crippen molar-refractivity contribution in [3.05, 3.63) is 35.9 Å². The topological polar surface area (TPSA) is 44.7 Å². The van der Waals surface area contributed by atoms with Gasteiger partial charge in [-0.15, -0.1) is 24.0 Å². The Balaban J connectivity index is 0.00000288. The van der Waals surface area contributed by atoms with Crippen LogP contribution in [0.25, 0.3) is 0 Å². The van der Waals surface area contributed by atoms with Crippen LogP contribution in [-0.2, 0) is 16.6 Å². The van der Waals surface area contributed by atoms with Gasteiger partial charge in [-0.2, -0.15) is 11.8 Å². The molecule has 0 saturated carbocycles. The van der Waals surface area contributed by atoms with Gasteiger partial charge in [0.1, 0.15) is 0 Å². The van der Waals surface area contributed by atoms with E-state index in [1.807, 2.05) is 49.1 Å². The van der Waals surface area contributed by atoms with Gasteiger partial charge in [0.2, 0.25) is 0 Å². The van der Waals surface area contributed by atoms with Crippen LogP contribution in [0.5, 0.6) is 0 Å². The van der Waals surface area contributed by atoms with Crippen molar-refractivity contribution in [2.75, 3.05) is 38.2 Å². The summed E-state index contributed by atoms with van der Waals surface area (Å²) in [5.74, 6) is 3.30. The molecule has 7 heteroatoms. The van der Waals surface area contributed by atoms with E-state index >= 15 is 0 Å². The Morgan fingerprint density at radius 2 is 2.08 bits per heavy atom. The quantitative estimate of drug-likeness (QED) is 0.399. The number of guanidine groups is 1. The summed E-state index contributed by atoms with van der Waals surface area (Å²) in [5, 5.41) is 3.37. The third-order valence-electron chi connectivity index (χ3n) is 3.72. The molecule has 1 heterocycles. The molecule has 136 valence electrons. The second kappa shape index (κ2) is 10.7. The van der Waals surface area contributed by atoms with E-state index in [1.165, 1.54) is 0 Å². The molecule has 1 aromatic carbocycles. The summed E-state index contributed by atoms with van der Waals surface area (Å²) in [6.07, 6.45) is 0. The summed E-state index contributed by atoms with van der Waals surface area (Å²) in [4.78, 5) is 6.68. The van der Waals surface area contributed by atoms with Crippen LogP contribution in [0.1, 0.15) is 19.4 Å². The number of rotatable bonds is 5. The molecule has 0 aliphatic carbocycles. The fourth-order valence-electron chi connectivity index (χ4n) is 2.64. The summed E-state index contributed by atoms with van der Waals surface area (Å²) in [7, 11) is 0.968. The highest BCUT2D eigenvalue weighted by Crippen LogP contribution is 2.29. The van der Waals surface area contributed by atoms with Gasteiger partial charge in [0.25, 0.3) is 0 Å². The smallest absolute Gasteiger partial charge is 0.193 e. The summed E-state index contributed by atoms with van der Waals surface area (Å²) < 4.78 is 12.4. The zero-order valence-corrected chi connectivity index (χ0v) is 18.6. The molecule has 1 fully saturated rings. The molecular formula is C17H28IN3OS2. The molecule has 1 N–H and O–H groups in total. The van der Waals surface area contributed by atoms with Crippen LogP contribution < -0.4 is 5.32 Å². The van der Waals surface area contributed by atoms with Gasteiger partial charge < -0.3 is 10.2 Å². The SMILES string of the molecule is CN=C(NCCS(=O)Cc1ccccc1)N1CCSC(C)(C)C1.I. The average molecular weight is 481 g/mol. The third kappa shape index (κ3) is 7.31. The molecule has 0 amide bonds. The first-order chi connectivity index (χ1) is 11.0. The monoisotopic (exact) mass is 481 g/mol. The molecule has 0 bridgehead atoms. The number of halogens is 1. The Hall–Kier alpha value is -0.280. The van der Waals surface area contributed by atoms with Crippen LogP contribution in [0.3, 0.4) is 0 Å². The number of aliphatic imine (C=N–C) groups is 1. The minimum atomic E-state index is -0.850. The van der Waals surface area contributed by atoms with Crippen molar-refractivity contribution < 1.29 is 4.21 Å². The van der Waals surface area contributed by atoms with E-state index in [1.54, 1.807) is 0 Å². The zero-order valence-electron chi connectivity index (χ0n) is 14.7. The van der Waals surface area contributed by atoms with Crippen molar-refractivity contribution in [1.29, 1.82) is 0 Å².